The Morgan fingerprint density at radius 1 is 0.968 bits per heavy atom. The van der Waals surface area contributed by atoms with Crippen LogP contribution in [0, 0.1) is 5.41 Å². The minimum absolute atomic E-state index is 0.0320. The molecule has 3 rings (SSSR count). The Kier molecular flexibility index (Phi) is 22.4. The summed E-state index contributed by atoms with van der Waals surface area (Å²) in [6.07, 6.45) is 8.37. The van der Waals surface area contributed by atoms with Crippen LogP contribution in [0.15, 0.2) is 24.8 Å². The number of anilines is 1. The number of nitrogens with two attached hydrogens (primary N) is 1. The number of nitrogen functional groups attached to an aromatic ring is 1. The highest BCUT2D eigenvalue weighted by Gasteiger charge is 2.50. The van der Waals surface area contributed by atoms with Crippen molar-refractivity contribution >= 4 is 69.1 Å². The average molecular weight is 976 g/mol. The van der Waals surface area contributed by atoms with Gasteiger partial charge < -0.3 is 50.9 Å². The lowest BCUT2D eigenvalue weighted by Gasteiger charge is -2.30. The molecule has 0 bridgehead atoms. The second kappa shape index (κ2) is 25.9. The van der Waals surface area contributed by atoms with E-state index in [0.717, 1.165) is 48.2 Å². The first-order valence-corrected chi connectivity index (χ1v) is 25.8. The standard InChI is InChI=1S/C35H60N7O17P3S/c1-4-5-6-7-8-9-10-11-12-13-14-15-26(44)63-19-18-37-25(43)16-17-38-33(47)30(46)35(2,3)21-56-62(53,54)59-61(51,52)55-20-24-29(58-60(48,49)50)28(45)34(57-24)42-23-41-27-31(36)39-22-40-32(27)42/h14-15,22-24,28-30,34,45-46H,4-13,16-21H2,1-3H3,(H,37,43)(H,38,47)(H,51,52)(H,53,54)(H2,36,39,40)(H2,48,49,50)/b15-14+/t24-,28-,29-,30?,34-/m1/s1. The van der Waals surface area contributed by atoms with Crippen LogP contribution in [-0.4, -0.2) is 123 Å². The Morgan fingerprint density at radius 2 is 1.62 bits per heavy atom. The van der Waals surface area contributed by atoms with E-state index in [1.54, 1.807) is 6.08 Å². The molecule has 358 valence electrons. The van der Waals surface area contributed by atoms with Crippen molar-refractivity contribution in [3.05, 3.63) is 24.8 Å². The number of phosphoric acid groups is 3. The highest BCUT2D eigenvalue weighted by Crippen LogP contribution is 2.61. The number of thioether (sulfide) groups is 1. The summed E-state index contributed by atoms with van der Waals surface area (Å²) in [7, 11) is -16.4. The molecule has 1 aliphatic heterocycles. The summed E-state index contributed by atoms with van der Waals surface area (Å²) < 4.78 is 62.3. The van der Waals surface area contributed by atoms with Crippen LogP contribution in [0.4, 0.5) is 5.82 Å². The lowest BCUT2D eigenvalue weighted by Crippen LogP contribution is -2.46. The number of amides is 2. The summed E-state index contributed by atoms with van der Waals surface area (Å²) in [5, 5.41) is 26.4. The number of fused-ring (bicyclic) bond motifs is 1. The molecule has 10 N–H and O–H groups in total. The Labute approximate surface area is 368 Å². The molecular formula is C35H60N7O17P3S. The number of nitrogens with zero attached hydrogens (tertiary/aromatic N) is 4. The number of imidazole rings is 1. The van der Waals surface area contributed by atoms with Crippen LogP contribution in [-0.2, 0) is 50.7 Å². The van der Waals surface area contributed by atoms with Crippen LogP contribution in [0.1, 0.15) is 97.6 Å². The molecule has 2 aromatic rings. The van der Waals surface area contributed by atoms with Gasteiger partial charge in [-0.25, -0.2) is 28.6 Å². The summed E-state index contributed by atoms with van der Waals surface area (Å²) in [4.78, 5) is 88.0. The third kappa shape index (κ3) is 19.4. The number of allylic oxidation sites excluding steroid dienone is 1. The van der Waals surface area contributed by atoms with E-state index in [4.69, 9.17) is 19.5 Å². The molecule has 2 aromatic heterocycles. The van der Waals surface area contributed by atoms with Crippen molar-refractivity contribution in [2.45, 2.75) is 122 Å². The van der Waals surface area contributed by atoms with Crippen molar-refractivity contribution in [3.63, 3.8) is 0 Å². The largest absolute Gasteiger partial charge is 0.481 e. The molecular weight excluding hydrogens is 915 g/mol. The second-order valence-electron chi connectivity index (χ2n) is 15.3. The summed E-state index contributed by atoms with van der Waals surface area (Å²) in [5.41, 5.74) is 4.28. The number of aliphatic hydroxyl groups is 2. The highest BCUT2D eigenvalue weighted by atomic mass is 32.2. The maximum Gasteiger partial charge on any atom is 0.481 e. The molecule has 0 aromatic carbocycles. The molecule has 3 unspecified atom stereocenters. The van der Waals surface area contributed by atoms with Crippen LogP contribution in [0.5, 0.6) is 0 Å². The second-order valence-corrected chi connectivity index (χ2v) is 20.6. The Balaban J connectivity index is 1.37. The van der Waals surface area contributed by atoms with Gasteiger partial charge in [-0.3, -0.25) is 32.5 Å². The van der Waals surface area contributed by atoms with Gasteiger partial charge >= 0.3 is 23.5 Å². The molecule has 1 fully saturated rings. The van der Waals surface area contributed by atoms with Gasteiger partial charge in [-0.05, 0) is 18.9 Å². The molecule has 28 heteroatoms. The first-order valence-electron chi connectivity index (χ1n) is 20.3. The third-order valence-electron chi connectivity index (χ3n) is 9.47. The topological polar surface area (TPSA) is 364 Å². The van der Waals surface area contributed by atoms with Gasteiger partial charge in [0.2, 0.25) is 16.9 Å². The van der Waals surface area contributed by atoms with Gasteiger partial charge in [0.25, 0.3) is 0 Å². The fourth-order valence-corrected chi connectivity index (χ4v) is 9.51. The number of rotatable bonds is 30. The van der Waals surface area contributed by atoms with E-state index in [1.165, 1.54) is 58.8 Å². The zero-order chi connectivity index (χ0) is 46.8. The summed E-state index contributed by atoms with van der Waals surface area (Å²) >= 11 is 1.06. The van der Waals surface area contributed by atoms with Gasteiger partial charge in [0.15, 0.2) is 17.7 Å². The molecule has 3 heterocycles. The molecule has 24 nitrogen and oxygen atoms in total. The molecule has 1 saturated heterocycles. The normalized spacial score (nSPS) is 20.7. The van der Waals surface area contributed by atoms with Crippen LogP contribution in [0.2, 0.25) is 0 Å². The van der Waals surface area contributed by atoms with Crippen molar-refractivity contribution in [2.24, 2.45) is 5.41 Å². The molecule has 0 saturated carbocycles. The van der Waals surface area contributed by atoms with Crippen LogP contribution >= 0.6 is 35.2 Å². The summed E-state index contributed by atoms with van der Waals surface area (Å²) in [6, 6.07) is 0. The van der Waals surface area contributed by atoms with E-state index in [-0.39, 0.29) is 41.6 Å². The number of aliphatic hydroxyl groups excluding tert-OH is 2. The first-order chi connectivity index (χ1) is 29.6. The molecule has 1 aliphatic rings. The lowest BCUT2D eigenvalue weighted by molar-refractivity contribution is -0.137. The monoisotopic (exact) mass is 975 g/mol. The molecule has 7 atom stereocenters. The van der Waals surface area contributed by atoms with E-state index in [1.807, 2.05) is 6.08 Å². The number of nitrogens with one attached hydrogen (secondary N) is 2. The molecule has 2 amide bonds. The number of carbonyl (C=O) groups excluding carboxylic acids is 3. The van der Waals surface area contributed by atoms with E-state index < -0.39 is 84.6 Å². The molecule has 0 radical (unpaired) electrons. The minimum atomic E-state index is -5.57. The maximum absolute atomic E-state index is 12.7. The Bertz CT molecular complexity index is 1970. The number of carbonyl (C=O) groups is 3. The number of aromatic nitrogens is 4. The zero-order valence-electron chi connectivity index (χ0n) is 35.3. The van der Waals surface area contributed by atoms with E-state index in [0.29, 0.717) is 5.75 Å². The molecule has 0 spiro atoms. The summed E-state index contributed by atoms with van der Waals surface area (Å²) in [6.45, 7) is 2.72. The quantitative estimate of drug-likeness (QED) is 0.0308. The fourth-order valence-electron chi connectivity index (χ4n) is 6.08. The third-order valence-corrected chi connectivity index (χ3v) is 13.4. The van der Waals surface area contributed by atoms with Gasteiger partial charge in [0.1, 0.15) is 36.3 Å². The van der Waals surface area contributed by atoms with Gasteiger partial charge in [0, 0.05) is 30.7 Å². The smallest absolute Gasteiger partial charge is 0.386 e. The van der Waals surface area contributed by atoms with Gasteiger partial charge in [-0.1, -0.05) is 90.0 Å². The Morgan fingerprint density at radius 3 is 2.29 bits per heavy atom. The van der Waals surface area contributed by atoms with Crippen molar-refractivity contribution in [1.29, 1.82) is 0 Å². The van der Waals surface area contributed by atoms with Crippen molar-refractivity contribution in [2.75, 3.05) is 37.8 Å². The Hall–Kier alpha value is -2.70. The van der Waals surface area contributed by atoms with E-state index in [2.05, 4.69) is 41.3 Å². The van der Waals surface area contributed by atoms with Crippen molar-refractivity contribution in [3.8, 4) is 0 Å². The fraction of sp³-hybridized carbons (Fsp3) is 0.714. The number of hydrogen-bond donors (Lipinski definition) is 9. The highest BCUT2D eigenvalue weighted by molar-refractivity contribution is 8.14. The maximum atomic E-state index is 12.7. The van der Waals surface area contributed by atoms with Crippen LogP contribution in [0.3, 0.4) is 0 Å². The van der Waals surface area contributed by atoms with E-state index in [9.17, 15) is 57.9 Å². The lowest BCUT2D eigenvalue weighted by atomic mass is 9.87. The minimum Gasteiger partial charge on any atom is -0.386 e. The number of phosphoric ester groups is 3. The van der Waals surface area contributed by atoms with E-state index >= 15 is 0 Å². The van der Waals surface area contributed by atoms with Crippen LogP contribution < -0.4 is 16.4 Å². The first kappa shape index (κ1) is 54.6. The summed E-state index contributed by atoms with van der Waals surface area (Å²) in [5.74, 6) is -1.10. The van der Waals surface area contributed by atoms with Crippen LogP contribution in [0.25, 0.3) is 11.2 Å². The molecule has 63 heavy (non-hydrogen) atoms. The van der Waals surface area contributed by atoms with Gasteiger partial charge in [-0.15, -0.1) is 0 Å². The van der Waals surface area contributed by atoms with Crippen molar-refractivity contribution < 1.29 is 80.5 Å². The van der Waals surface area contributed by atoms with Crippen molar-refractivity contribution in [1.82, 2.24) is 30.2 Å². The van der Waals surface area contributed by atoms with Gasteiger partial charge in [-0.2, -0.15) is 4.31 Å². The number of ether oxygens (including phenoxy) is 1. The zero-order valence-corrected chi connectivity index (χ0v) is 38.8. The number of unbranched alkanes of at least 4 members (excludes halogenated alkanes) is 9. The number of hydrogen-bond acceptors (Lipinski definition) is 18. The average Bonchev–Trinajstić information content (AvgIpc) is 3.76. The predicted molar refractivity (Wildman–Crippen MR) is 228 cm³/mol. The van der Waals surface area contributed by atoms with Gasteiger partial charge in [0.05, 0.1) is 19.5 Å². The molecule has 0 aliphatic carbocycles. The predicted octanol–water partition coefficient (Wildman–Crippen LogP) is 3.14. The SMILES string of the molecule is CCCCCCCCCCC/C=C/C(=O)SCCNC(=O)CCNC(=O)C(O)C(C)(C)COP(=O)(O)OP(=O)(O)OC[C@H]1O[C@@H](n2cnc3c(N)ncnc32)[C@H](O)[C@@H]1OP(=O)(O)O.